The molecule has 0 aliphatic carbocycles. The van der Waals surface area contributed by atoms with Gasteiger partial charge in [0.1, 0.15) is 0 Å². The molecular weight excluding hydrogens is 242 g/mol. The number of aryl methyl sites for hydroxylation is 1. The molecule has 1 aromatic heterocycles. The lowest BCUT2D eigenvalue weighted by atomic mass is 10.1. The molecule has 1 aromatic rings. The highest BCUT2D eigenvalue weighted by Crippen LogP contribution is 2.29. The van der Waals surface area contributed by atoms with Crippen molar-refractivity contribution in [3.63, 3.8) is 0 Å². The number of rotatable bonds is 5. The van der Waals surface area contributed by atoms with Gasteiger partial charge in [-0.3, -0.25) is 0 Å². The maximum Gasteiger partial charge on any atom is 0.151 e. The van der Waals surface area contributed by atoms with E-state index in [1.807, 2.05) is 25.3 Å². The van der Waals surface area contributed by atoms with Crippen molar-refractivity contribution in [3.05, 3.63) is 21.9 Å². The highest BCUT2D eigenvalue weighted by Gasteiger charge is 2.28. The van der Waals surface area contributed by atoms with Crippen LogP contribution in [0.15, 0.2) is 11.4 Å². The standard InChI is InChI=1S/C11H19NO2S2/c1-5-12-10(9(3)16(4,13)14)11-8(2)6-7-15-11/h6-7,9-10,12H,5H2,1-4H3. The molecule has 0 bridgehead atoms. The fourth-order valence-electron chi connectivity index (χ4n) is 1.64. The van der Waals surface area contributed by atoms with Gasteiger partial charge in [0.05, 0.1) is 11.3 Å². The normalized spacial score (nSPS) is 16.0. The van der Waals surface area contributed by atoms with Crippen molar-refractivity contribution in [1.29, 1.82) is 0 Å². The molecule has 1 rings (SSSR count). The van der Waals surface area contributed by atoms with Crippen LogP contribution in [0.3, 0.4) is 0 Å². The van der Waals surface area contributed by atoms with Crippen molar-refractivity contribution in [1.82, 2.24) is 5.32 Å². The summed E-state index contributed by atoms with van der Waals surface area (Å²) in [5.41, 5.74) is 1.16. The second-order valence-corrected chi connectivity index (χ2v) is 7.39. The third kappa shape index (κ3) is 3.06. The summed E-state index contributed by atoms with van der Waals surface area (Å²) in [5, 5.41) is 4.87. The molecule has 1 heterocycles. The lowest BCUT2D eigenvalue weighted by molar-refractivity contribution is 0.517. The molecule has 2 atom stereocenters. The molecule has 3 nitrogen and oxygen atoms in total. The van der Waals surface area contributed by atoms with Crippen molar-refractivity contribution < 1.29 is 8.42 Å². The third-order valence-corrected chi connectivity index (χ3v) is 5.48. The fraction of sp³-hybridized carbons (Fsp3) is 0.636. The van der Waals surface area contributed by atoms with Crippen LogP contribution in [0.1, 0.15) is 30.3 Å². The zero-order chi connectivity index (χ0) is 12.3. The third-order valence-electron chi connectivity index (χ3n) is 2.75. The molecule has 16 heavy (non-hydrogen) atoms. The quantitative estimate of drug-likeness (QED) is 0.883. The van der Waals surface area contributed by atoms with E-state index in [-0.39, 0.29) is 6.04 Å². The first-order valence-corrected chi connectivity index (χ1v) is 8.17. The summed E-state index contributed by atoms with van der Waals surface area (Å²) >= 11 is 1.62. The van der Waals surface area contributed by atoms with Gasteiger partial charge in [0.25, 0.3) is 0 Å². The van der Waals surface area contributed by atoms with Crippen molar-refractivity contribution in [3.8, 4) is 0 Å². The predicted octanol–water partition coefficient (Wildman–Crippen LogP) is 2.14. The average molecular weight is 261 g/mol. The van der Waals surface area contributed by atoms with E-state index >= 15 is 0 Å². The summed E-state index contributed by atoms with van der Waals surface area (Å²) in [7, 11) is -3.02. The minimum atomic E-state index is -3.02. The smallest absolute Gasteiger partial charge is 0.151 e. The Kier molecular flexibility index (Phi) is 4.52. The van der Waals surface area contributed by atoms with Crippen LogP contribution < -0.4 is 5.32 Å². The Bertz CT molecular complexity index is 437. The molecule has 0 aliphatic rings. The molecular formula is C11H19NO2S2. The molecule has 0 saturated carbocycles. The van der Waals surface area contributed by atoms with Crippen molar-refractivity contribution in [2.75, 3.05) is 12.8 Å². The topological polar surface area (TPSA) is 46.2 Å². The molecule has 2 unspecified atom stereocenters. The van der Waals surface area contributed by atoms with Gasteiger partial charge >= 0.3 is 0 Å². The van der Waals surface area contributed by atoms with Gasteiger partial charge in [0.15, 0.2) is 9.84 Å². The van der Waals surface area contributed by atoms with Crippen LogP contribution in [0.2, 0.25) is 0 Å². The summed E-state index contributed by atoms with van der Waals surface area (Å²) < 4.78 is 23.2. The number of sulfone groups is 1. The number of thiophene rings is 1. The molecule has 0 saturated heterocycles. The summed E-state index contributed by atoms with van der Waals surface area (Å²) in [5.74, 6) is 0. The zero-order valence-corrected chi connectivity index (χ0v) is 11.8. The van der Waals surface area contributed by atoms with Gasteiger partial charge in [-0.2, -0.15) is 0 Å². The van der Waals surface area contributed by atoms with Crippen molar-refractivity contribution >= 4 is 21.2 Å². The van der Waals surface area contributed by atoms with Gasteiger partial charge in [-0.25, -0.2) is 8.42 Å². The molecule has 92 valence electrons. The second-order valence-electron chi connectivity index (χ2n) is 4.04. The monoisotopic (exact) mass is 261 g/mol. The minimum Gasteiger partial charge on any atom is -0.308 e. The van der Waals surface area contributed by atoms with Crippen molar-refractivity contribution in [2.24, 2.45) is 0 Å². The van der Waals surface area contributed by atoms with Gasteiger partial charge in [-0.15, -0.1) is 11.3 Å². The van der Waals surface area contributed by atoms with Crippen LogP contribution in [-0.4, -0.2) is 26.5 Å². The molecule has 0 fully saturated rings. The minimum absolute atomic E-state index is 0.0972. The van der Waals surface area contributed by atoms with E-state index in [9.17, 15) is 8.42 Å². The fourth-order valence-corrected chi connectivity index (χ4v) is 3.56. The largest absolute Gasteiger partial charge is 0.308 e. The maximum atomic E-state index is 11.6. The molecule has 0 amide bonds. The lowest BCUT2D eigenvalue weighted by Gasteiger charge is -2.23. The van der Waals surface area contributed by atoms with E-state index in [0.29, 0.717) is 0 Å². The van der Waals surface area contributed by atoms with Crippen LogP contribution in [-0.2, 0) is 9.84 Å². The van der Waals surface area contributed by atoms with E-state index in [1.54, 1.807) is 18.3 Å². The SMILES string of the molecule is CCNC(c1sccc1C)C(C)S(C)(=O)=O. The molecule has 1 N–H and O–H groups in total. The van der Waals surface area contributed by atoms with Crippen LogP contribution >= 0.6 is 11.3 Å². The first-order chi connectivity index (χ1) is 7.38. The Labute approximate surface area is 102 Å². The van der Waals surface area contributed by atoms with E-state index < -0.39 is 15.1 Å². The van der Waals surface area contributed by atoms with E-state index in [0.717, 1.165) is 17.0 Å². The summed E-state index contributed by atoms with van der Waals surface area (Å²) in [6.07, 6.45) is 1.30. The number of nitrogens with one attached hydrogen (secondary N) is 1. The zero-order valence-electron chi connectivity index (χ0n) is 10.1. The summed E-state index contributed by atoms with van der Waals surface area (Å²) in [6.45, 7) is 6.54. The molecule has 0 aliphatic heterocycles. The predicted molar refractivity (Wildman–Crippen MR) is 69.8 cm³/mol. The van der Waals surface area contributed by atoms with Crippen LogP contribution in [0.4, 0.5) is 0 Å². The highest BCUT2D eigenvalue weighted by atomic mass is 32.2. The Balaban J connectivity index is 3.05. The Morgan fingerprint density at radius 1 is 1.50 bits per heavy atom. The summed E-state index contributed by atoms with van der Waals surface area (Å²) in [4.78, 5) is 1.12. The first-order valence-electron chi connectivity index (χ1n) is 5.34. The Morgan fingerprint density at radius 3 is 2.50 bits per heavy atom. The van der Waals surface area contributed by atoms with Gasteiger partial charge in [0.2, 0.25) is 0 Å². The second kappa shape index (κ2) is 5.29. The maximum absolute atomic E-state index is 11.6. The Hall–Kier alpha value is -0.390. The molecule has 5 heteroatoms. The first kappa shape index (κ1) is 13.7. The van der Waals surface area contributed by atoms with Gasteiger partial charge < -0.3 is 5.32 Å². The Morgan fingerprint density at radius 2 is 2.12 bits per heavy atom. The average Bonchev–Trinajstić information content (AvgIpc) is 2.58. The highest BCUT2D eigenvalue weighted by molar-refractivity contribution is 7.91. The number of hydrogen-bond donors (Lipinski definition) is 1. The van der Waals surface area contributed by atoms with Crippen LogP contribution in [0.5, 0.6) is 0 Å². The van der Waals surface area contributed by atoms with E-state index in [1.165, 1.54) is 6.26 Å². The lowest BCUT2D eigenvalue weighted by Crippen LogP contribution is -2.34. The molecule has 0 aromatic carbocycles. The van der Waals surface area contributed by atoms with E-state index in [4.69, 9.17) is 0 Å². The van der Waals surface area contributed by atoms with Gasteiger partial charge in [0, 0.05) is 11.1 Å². The van der Waals surface area contributed by atoms with Crippen LogP contribution in [0, 0.1) is 6.92 Å². The van der Waals surface area contributed by atoms with E-state index in [2.05, 4.69) is 5.32 Å². The molecule has 0 spiro atoms. The number of hydrogen-bond acceptors (Lipinski definition) is 4. The van der Waals surface area contributed by atoms with Gasteiger partial charge in [-0.1, -0.05) is 6.92 Å². The van der Waals surface area contributed by atoms with Gasteiger partial charge in [-0.05, 0) is 37.4 Å². The van der Waals surface area contributed by atoms with Crippen LogP contribution in [0.25, 0.3) is 0 Å². The van der Waals surface area contributed by atoms with Crippen molar-refractivity contribution in [2.45, 2.75) is 32.1 Å². The molecule has 0 radical (unpaired) electrons. The summed E-state index contributed by atoms with van der Waals surface area (Å²) in [6, 6.07) is 1.93.